The number of amides is 1. The molecule has 2 rings (SSSR count). The van der Waals surface area contributed by atoms with Gasteiger partial charge >= 0.3 is 0 Å². The predicted molar refractivity (Wildman–Crippen MR) is 83.1 cm³/mol. The summed E-state index contributed by atoms with van der Waals surface area (Å²) in [5.41, 5.74) is -0.806. The van der Waals surface area contributed by atoms with E-state index < -0.39 is 28.5 Å². The Hall–Kier alpha value is -2.03. The summed E-state index contributed by atoms with van der Waals surface area (Å²) >= 11 is 1.11. The van der Waals surface area contributed by atoms with Crippen LogP contribution in [0.5, 0.6) is 0 Å². The van der Waals surface area contributed by atoms with E-state index >= 15 is 0 Å². The number of tetrazole rings is 1. The van der Waals surface area contributed by atoms with Crippen molar-refractivity contribution in [3.8, 4) is 0 Å². The molecule has 1 unspecified atom stereocenters. The summed E-state index contributed by atoms with van der Waals surface area (Å²) in [6, 6.07) is 3.39. The van der Waals surface area contributed by atoms with Crippen molar-refractivity contribution in [2.75, 3.05) is 5.32 Å². The van der Waals surface area contributed by atoms with Gasteiger partial charge in [-0.05, 0) is 50.3 Å². The Morgan fingerprint density at radius 1 is 1.30 bits per heavy atom. The number of benzene rings is 1. The van der Waals surface area contributed by atoms with Gasteiger partial charge < -0.3 is 5.32 Å². The monoisotopic (exact) mass is 341 g/mol. The summed E-state index contributed by atoms with van der Waals surface area (Å²) in [5.74, 6) is -2.19. The Morgan fingerprint density at radius 2 is 1.91 bits per heavy atom. The highest BCUT2D eigenvalue weighted by Gasteiger charge is 2.25. The number of hydrogen-bond donors (Lipinski definition) is 1. The van der Waals surface area contributed by atoms with Gasteiger partial charge in [-0.1, -0.05) is 17.8 Å². The summed E-state index contributed by atoms with van der Waals surface area (Å²) in [6.45, 7) is 7.38. The van der Waals surface area contributed by atoms with Crippen LogP contribution in [-0.4, -0.2) is 31.4 Å². The lowest BCUT2D eigenvalue weighted by Crippen LogP contribution is -2.27. The fourth-order valence-electron chi connectivity index (χ4n) is 1.73. The molecule has 1 amide bonds. The number of carbonyl (C=O) groups is 1. The van der Waals surface area contributed by atoms with Gasteiger partial charge in [0.25, 0.3) is 0 Å². The van der Waals surface area contributed by atoms with E-state index in [1.54, 1.807) is 11.6 Å². The maximum atomic E-state index is 13.6. The van der Waals surface area contributed by atoms with Gasteiger partial charge in [0.15, 0.2) is 0 Å². The first-order chi connectivity index (χ1) is 10.7. The number of thioether (sulfide) groups is 1. The molecule has 124 valence electrons. The molecule has 1 N–H and O–H groups in total. The molecule has 0 saturated carbocycles. The molecule has 23 heavy (non-hydrogen) atoms. The number of nitrogens with zero attached hydrogens (tertiary/aromatic N) is 4. The molecular weight excluding hydrogens is 324 g/mol. The molecule has 0 bridgehead atoms. The third-order valence-electron chi connectivity index (χ3n) is 2.94. The number of hydrogen-bond acceptors (Lipinski definition) is 5. The van der Waals surface area contributed by atoms with Gasteiger partial charge in [0.2, 0.25) is 11.1 Å². The average molecular weight is 341 g/mol. The highest BCUT2D eigenvalue weighted by Crippen LogP contribution is 2.26. The van der Waals surface area contributed by atoms with Crippen LogP contribution in [0.4, 0.5) is 14.5 Å². The Morgan fingerprint density at radius 3 is 2.48 bits per heavy atom. The van der Waals surface area contributed by atoms with E-state index in [2.05, 4.69) is 20.8 Å². The first kappa shape index (κ1) is 17.3. The standard InChI is InChI=1S/C14H17F2N5OS/c1-8(23-13-18-19-20-21(13)14(2,3)4)12(22)17-11-9(15)6-5-7-10(11)16/h5-8H,1-4H3,(H,17,22). The van der Waals surface area contributed by atoms with Crippen LogP contribution in [0.3, 0.4) is 0 Å². The minimum atomic E-state index is -0.824. The highest BCUT2D eigenvalue weighted by molar-refractivity contribution is 8.00. The van der Waals surface area contributed by atoms with Crippen LogP contribution in [0.2, 0.25) is 0 Å². The van der Waals surface area contributed by atoms with Crippen molar-refractivity contribution >= 4 is 23.4 Å². The summed E-state index contributed by atoms with van der Waals surface area (Å²) in [4.78, 5) is 12.2. The van der Waals surface area contributed by atoms with Crippen LogP contribution in [0.15, 0.2) is 23.4 Å². The lowest BCUT2D eigenvalue weighted by molar-refractivity contribution is -0.115. The number of nitrogens with one attached hydrogen (secondary N) is 1. The van der Waals surface area contributed by atoms with E-state index in [0.717, 1.165) is 23.9 Å². The van der Waals surface area contributed by atoms with Crippen molar-refractivity contribution in [1.82, 2.24) is 20.2 Å². The largest absolute Gasteiger partial charge is 0.320 e. The highest BCUT2D eigenvalue weighted by atomic mass is 32.2. The molecule has 1 atom stereocenters. The molecule has 0 aliphatic rings. The summed E-state index contributed by atoms with van der Waals surface area (Å²) in [7, 11) is 0. The molecular formula is C14H17F2N5OS. The molecule has 1 aromatic carbocycles. The second-order valence-corrected chi connectivity index (χ2v) is 7.20. The smallest absolute Gasteiger partial charge is 0.237 e. The molecule has 0 aliphatic carbocycles. The number of carbonyl (C=O) groups excluding carboxylic acids is 1. The van der Waals surface area contributed by atoms with Gasteiger partial charge in [-0.15, -0.1) is 5.10 Å². The van der Waals surface area contributed by atoms with Gasteiger partial charge in [0, 0.05) is 0 Å². The number of para-hydroxylation sites is 1. The van der Waals surface area contributed by atoms with E-state index in [4.69, 9.17) is 0 Å². The summed E-state index contributed by atoms with van der Waals surface area (Å²) in [5, 5.41) is 13.5. The quantitative estimate of drug-likeness (QED) is 0.866. The zero-order chi connectivity index (χ0) is 17.2. The van der Waals surface area contributed by atoms with Gasteiger partial charge in [-0.3, -0.25) is 4.79 Å². The molecule has 0 saturated heterocycles. The Labute approximate surface area is 136 Å². The summed E-state index contributed by atoms with van der Waals surface area (Å²) < 4.78 is 28.7. The van der Waals surface area contributed by atoms with Crippen LogP contribution < -0.4 is 5.32 Å². The molecule has 1 heterocycles. The first-order valence-corrected chi connectivity index (χ1v) is 7.78. The fourth-order valence-corrected chi connectivity index (χ4v) is 2.70. The number of halogens is 2. The maximum absolute atomic E-state index is 13.6. The maximum Gasteiger partial charge on any atom is 0.237 e. The normalized spacial score (nSPS) is 13.0. The second-order valence-electron chi connectivity index (χ2n) is 5.89. The van der Waals surface area contributed by atoms with E-state index in [1.807, 2.05) is 20.8 Å². The second kappa shape index (κ2) is 6.61. The Kier molecular flexibility index (Phi) is 4.98. The molecule has 0 spiro atoms. The number of rotatable bonds is 4. The number of aromatic nitrogens is 4. The molecule has 9 heteroatoms. The minimum Gasteiger partial charge on any atom is -0.320 e. The topological polar surface area (TPSA) is 72.7 Å². The third-order valence-corrected chi connectivity index (χ3v) is 3.97. The van der Waals surface area contributed by atoms with E-state index in [9.17, 15) is 13.6 Å². The third kappa shape index (κ3) is 4.04. The fraction of sp³-hybridized carbons (Fsp3) is 0.429. The Bertz CT molecular complexity index is 693. The van der Waals surface area contributed by atoms with Crippen molar-refractivity contribution < 1.29 is 13.6 Å². The van der Waals surface area contributed by atoms with Crippen LogP contribution in [0, 0.1) is 11.6 Å². The van der Waals surface area contributed by atoms with Gasteiger partial charge in [-0.25, -0.2) is 13.5 Å². The minimum absolute atomic E-state index is 0.348. The SMILES string of the molecule is CC(Sc1nnnn1C(C)(C)C)C(=O)Nc1c(F)cccc1F. The van der Waals surface area contributed by atoms with Crippen molar-refractivity contribution in [2.24, 2.45) is 0 Å². The van der Waals surface area contributed by atoms with E-state index in [0.29, 0.717) is 5.16 Å². The van der Waals surface area contributed by atoms with Crippen molar-refractivity contribution in [3.63, 3.8) is 0 Å². The van der Waals surface area contributed by atoms with Crippen LogP contribution in [0.1, 0.15) is 27.7 Å². The van der Waals surface area contributed by atoms with Crippen LogP contribution in [0.25, 0.3) is 0 Å². The average Bonchev–Trinajstić information content (AvgIpc) is 2.91. The van der Waals surface area contributed by atoms with E-state index in [-0.39, 0.29) is 5.54 Å². The van der Waals surface area contributed by atoms with Crippen molar-refractivity contribution in [2.45, 2.75) is 43.6 Å². The zero-order valence-electron chi connectivity index (χ0n) is 13.2. The number of anilines is 1. The van der Waals surface area contributed by atoms with Crippen molar-refractivity contribution in [1.29, 1.82) is 0 Å². The molecule has 0 aliphatic heterocycles. The lowest BCUT2D eigenvalue weighted by Gasteiger charge is -2.20. The molecule has 0 fully saturated rings. The van der Waals surface area contributed by atoms with Crippen LogP contribution in [-0.2, 0) is 10.3 Å². The predicted octanol–water partition coefficient (Wildman–Crippen LogP) is 2.83. The summed E-state index contributed by atoms with van der Waals surface area (Å²) in [6.07, 6.45) is 0. The van der Waals surface area contributed by atoms with Crippen molar-refractivity contribution in [3.05, 3.63) is 29.8 Å². The van der Waals surface area contributed by atoms with E-state index in [1.165, 1.54) is 6.07 Å². The molecule has 0 radical (unpaired) electrons. The van der Waals surface area contributed by atoms with Crippen LogP contribution >= 0.6 is 11.8 Å². The lowest BCUT2D eigenvalue weighted by atomic mass is 10.1. The van der Waals surface area contributed by atoms with Gasteiger partial charge in [0.05, 0.1) is 10.8 Å². The zero-order valence-corrected chi connectivity index (χ0v) is 14.0. The molecule has 2 aromatic rings. The first-order valence-electron chi connectivity index (χ1n) is 6.90. The Balaban J connectivity index is 2.11. The molecule has 6 nitrogen and oxygen atoms in total. The van der Waals surface area contributed by atoms with Gasteiger partial charge in [-0.2, -0.15) is 0 Å². The molecule has 1 aromatic heterocycles. The van der Waals surface area contributed by atoms with Gasteiger partial charge in [0.1, 0.15) is 17.3 Å².